The lowest BCUT2D eigenvalue weighted by molar-refractivity contribution is -0.145. The van der Waals surface area contributed by atoms with Crippen molar-refractivity contribution in [3.63, 3.8) is 0 Å². The number of ketones is 6. The van der Waals surface area contributed by atoms with Crippen LogP contribution in [0.3, 0.4) is 0 Å². The second-order valence-corrected chi connectivity index (χ2v) is 18.4. The van der Waals surface area contributed by atoms with Crippen molar-refractivity contribution in [2.24, 2.45) is 23.5 Å². The number of hydrogen-bond donors (Lipinski definition) is 5. The summed E-state index contributed by atoms with van der Waals surface area (Å²) in [7, 11) is -3.75. The quantitative estimate of drug-likeness (QED) is 0.0547. The number of carboxylic acids is 3. The van der Waals surface area contributed by atoms with Crippen LogP contribution < -0.4 is 11.1 Å². The van der Waals surface area contributed by atoms with Gasteiger partial charge in [0.05, 0.1) is 37.4 Å². The Morgan fingerprint density at radius 2 is 1.05 bits per heavy atom. The standard InChI is InChI=1S/C44H70N2O18S/c1-2-34(47)11-5-3-4-10-31(42(45)56)26-39(52)29-64-24-23-63-22-21-46-40(53)20-18-33(44(59)60)28-37(50)19-17-32(43(57)58)27-36(49)13-7-6-12-35(48)15-9-25-65(61,62)30-38(51)14-8-16-41(54)55/h31-33H,2-30H2,1H3,(H2,45,56)(H,46,53)(H,54,55)(H,57,58)(H,59,60). The SMILES string of the molecule is CCC(=O)CCCCCC(CC(=O)COCCOCCNC(=O)CCC(CC(=O)CCC(CC(=O)CCCCC(=O)CCCS(=O)(=O)CC(=O)CCCC(=O)O)C(=O)O)C(=O)O)C(N)=O. The zero-order valence-electron chi connectivity index (χ0n) is 37.7. The maximum absolute atomic E-state index is 12.6. The molecule has 65 heavy (non-hydrogen) atoms. The van der Waals surface area contributed by atoms with E-state index in [9.17, 15) is 71.4 Å². The average Bonchev–Trinajstić information content (AvgIpc) is 3.21. The maximum atomic E-state index is 12.6. The molecule has 2 amide bonds. The molecule has 370 valence electrons. The minimum Gasteiger partial charge on any atom is -0.481 e. The lowest BCUT2D eigenvalue weighted by Gasteiger charge is -2.14. The highest BCUT2D eigenvalue weighted by atomic mass is 32.2. The Kier molecular flexibility index (Phi) is 32.9. The molecular formula is C44H70N2O18S. The summed E-state index contributed by atoms with van der Waals surface area (Å²) in [5.74, 6) is -10.7. The summed E-state index contributed by atoms with van der Waals surface area (Å²) in [6.45, 7) is 1.94. The maximum Gasteiger partial charge on any atom is 0.306 e. The number of unbranched alkanes of at least 4 members (excludes halogenated alkanes) is 3. The van der Waals surface area contributed by atoms with Crippen LogP contribution in [0.15, 0.2) is 0 Å². The van der Waals surface area contributed by atoms with Gasteiger partial charge in [-0.3, -0.25) is 52.7 Å². The number of Topliss-reactive ketones (excluding diaryl/α,β-unsaturated/α-hetero) is 6. The summed E-state index contributed by atoms with van der Waals surface area (Å²) >= 11 is 0. The highest BCUT2D eigenvalue weighted by Crippen LogP contribution is 2.20. The number of carbonyl (C=O) groups excluding carboxylic acids is 8. The van der Waals surface area contributed by atoms with Gasteiger partial charge in [-0.05, 0) is 51.4 Å². The second-order valence-electron chi connectivity index (χ2n) is 16.2. The fraction of sp³-hybridized carbons (Fsp3) is 0.750. The number of primary amides is 1. The monoisotopic (exact) mass is 946 g/mol. The van der Waals surface area contributed by atoms with Crippen LogP contribution in [0, 0.1) is 17.8 Å². The van der Waals surface area contributed by atoms with Crippen molar-refractivity contribution in [1.29, 1.82) is 0 Å². The molecule has 3 unspecified atom stereocenters. The summed E-state index contributed by atoms with van der Waals surface area (Å²) in [6, 6.07) is 0. The lowest BCUT2D eigenvalue weighted by Crippen LogP contribution is -2.29. The van der Waals surface area contributed by atoms with E-state index >= 15 is 0 Å². The van der Waals surface area contributed by atoms with E-state index in [-0.39, 0.29) is 146 Å². The normalized spacial score (nSPS) is 12.7. The minimum atomic E-state index is -3.75. The van der Waals surface area contributed by atoms with Crippen molar-refractivity contribution >= 4 is 74.3 Å². The largest absolute Gasteiger partial charge is 0.481 e. The van der Waals surface area contributed by atoms with Gasteiger partial charge in [0.15, 0.2) is 15.6 Å². The molecule has 0 saturated heterocycles. The average molecular weight is 947 g/mol. The van der Waals surface area contributed by atoms with E-state index in [1.165, 1.54) is 0 Å². The second kappa shape index (κ2) is 35.5. The molecule has 21 heteroatoms. The summed E-state index contributed by atoms with van der Waals surface area (Å²) in [5.41, 5.74) is 5.44. The number of nitrogens with one attached hydrogen (secondary N) is 1. The topological polar surface area (TPSA) is 339 Å². The molecule has 0 spiro atoms. The molecule has 0 aliphatic heterocycles. The van der Waals surface area contributed by atoms with Crippen LogP contribution in [-0.4, -0.2) is 133 Å². The first-order valence-corrected chi connectivity index (χ1v) is 24.2. The first-order chi connectivity index (χ1) is 30.6. The fourth-order valence-corrected chi connectivity index (χ4v) is 7.97. The molecule has 0 fully saturated rings. The molecule has 0 saturated carbocycles. The predicted octanol–water partition coefficient (Wildman–Crippen LogP) is 3.16. The number of aliphatic carboxylic acids is 3. The number of amides is 2. The first kappa shape index (κ1) is 60.2. The molecule has 0 radical (unpaired) electrons. The highest BCUT2D eigenvalue weighted by Gasteiger charge is 2.26. The third-order valence-electron chi connectivity index (χ3n) is 10.4. The lowest BCUT2D eigenvalue weighted by atomic mass is 9.90. The van der Waals surface area contributed by atoms with E-state index in [1.807, 2.05) is 0 Å². The van der Waals surface area contributed by atoms with E-state index in [0.29, 0.717) is 32.1 Å². The number of carboxylic acid groups (broad SMARTS) is 3. The van der Waals surface area contributed by atoms with Gasteiger partial charge in [-0.25, -0.2) is 8.42 Å². The molecule has 0 aromatic heterocycles. The van der Waals surface area contributed by atoms with Crippen LogP contribution in [0.4, 0.5) is 0 Å². The molecule has 0 aromatic rings. The van der Waals surface area contributed by atoms with E-state index in [4.69, 9.17) is 20.3 Å². The Balaban J connectivity index is 4.34. The number of carbonyl (C=O) groups is 11. The Hall–Kier alpha value is -4.76. The van der Waals surface area contributed by atoms with Crippen molar-refractivity contribution in [3.05, 3.63) is 0 Å². The predicted molar refractivity (Wildman–Crippen MR) is 233 cm³/mol. The molecule has 6 N–H and O–H groups in total. The number of sulfone groups is 1. The third-order valence-corrected chi connectivity index (χ3v) is 12.1. The summed E-state index contributed by atoms with van der Waals surface area (Å²) in [6.07, 6.45) is 2.06. The summed E-state index contributed by atoms with van der Waals surface area (Å²) in [5, 5.41) is 30.4. The van der Waals surface area contributed by atoms with Crippen LogP contribution in [0.25, 0.3) is 0 Å². The van der Waals surface area contributed by atoms with Crippen molar-refractivity contribution < 1.29 is 86.0 Å². The van der Waals surface area contributed by atoms with E-state index in [2.05, 4.69) is 5.32 Å². The van der Waals surface area contributed by atoms with Crippen molar-refractivity contribution in [1.82, 2.24) is 5.32 Å². The van der Waals surface area contributed by atoms with Gasteiger partial charge in [0.2, 0.25) is 11.8 Å². The van der Waals surface area contributed by atoms with Crippen molar-refractivity contribution in [2.75, 3.05) is 44.5 Å². The van der Waals surface area contributed by atoms with Crippen molar-refractivity contribution in [3.8, 4) is 0 Å². The van der Waals surface area contributed by atoms with Gasteiger partial charge in [0, 0.05) is 89.5 Å². The molecular weight excluding hydrogens is 877 g/mol. The fourth-order valence-electron chi connectivity index (χ4n) is 6.61. The minimum absolute atomic E-state index is 0.00417. The Bertz CT molecular complexity index is 1700. The number of rotatable bonds is 45. The number of ether oxygens (including phenoxy) is 2. The van der Waals surface area contributed by atoms with Crippen LogP contribution in [-0.2, 0) is 72.1 Å². The van der Waals surface area contributed by atoms with E-state index < -0.39 is 86.8 Å². The van der Waals surface area contributed by atoms with Gasteiger partial charge in [0.1, 0.15) is 41.3 Å². The molecule has 20 nitrogen and oxygen atoms in total. The van der Waals surface area contributed by atoms with E-state index in [1.54, 1.807) is 6.92 Å². The smallest absolute Gasteiger partial charge is 0.306 e. The number of nitrogens with two attached hydrogens (primary N) is 1. The summed E-state index contributed by atoms with van der Waals surface area (Å²) < 4.78 is 34.9. The molecule has 3 atom stereocenters. The van der Waals surface area contributed by atoms with Gasteiger partial charge in [0.25, 0.3) is 0 Å². The van der Waals surface area contributed by atoms with Gasteiger partial charge in [-0.1, -0.05) is 19.8 Å². The van der Waals surface area contributed by atoms with E-state index in [0.717, 1.165) is 12.8 Å². The molecule has 0 rings (SSSR count). The highest BCUT2D eigenvalue weighted by molar-refractivity contribution is 7.92. The molecule has 0 aliphatic rings. The zero-order chi connectivity index (χ0) is 49.2. The van der Waals surface area contributed by atoms with Crippen molar-refractivity contribution in [2.45, 2.75) is 148 Å². The van der Waals surface area contributed by atoms with Crippen LogP contribution in [0.5, 0.6) is 0 Å². The third kappa shape index (κ3) is 34.3. The van der Waals surface area contributed by atoms with Gasteiger partial charge in [-0.2, -0.15) is 0 Å². The van der Waals surface area contributed by atoms with Gasteiger partial charge in [-0.15, -0.1) is 0 Å². The number of hydrogen-bond acceptors (Lipinski definition) is 15. The van der Waals surface area contributed by atoms with Gasteiger partial charge >= 0.3 is 17.9 Å². The Morgan fingerprint density at radius 1 is 0.523 bits per heavy atom. The van der Waals surface area contributed by atoms with Crippen LogP contribution in [0.1, 0.15) is 148 Å². The zero-order valence-corrected chi connectivity index (χ0v) is 38.5. The van der Waals surface area contributed by atoms with Crippen LogP contribution in [0.2, 0.25) is 0 Å². The molecule has 0 heterocycles. The van der Waals surface area contributed by atoms with Gasteiger partial charge < -0.3 is 35.8 Å². The Morgan fingerprint density at radius 3 is 1.65 bits per heavy atom. The summed E-state index contributed by atoms with van der Waals surface area (Å²) in [4.78, 5) is 131. The van der Waals surface area contributed by atoms with Crippen LogP contribution >= 0.6 is 0 Å². The Labute approximate surface area is 380 Å². The molecule has 0 aliphatic carbocycles. The first-order valence-electron chi connectivity index (χ1n) is 22.3. The molecule has 0 aromatic carbocycles. The molecule has 0 bridgehead atoms.